The first kappa shape index (κ1) is 42.0. The van der Waals surface area contributed by atoms with Gasteiger partial charge in [0.05, 0.1) is 13.1 Å². The summed E-state index contributed by atoms with van der Waals surface area (Å²) in [6.07, 6.45) is 3.50. The molecule has 0 unspecified atom stereocenters. The summed E-state index contributed by atoms with van der Waals surface area (Å²) in [5.41, 5.74) is 5.73. The first-order chi connectivity index (χ1) is 19.1. The van der Waals surface area contributed by atoms with E-state index >= 15 is 0 Å². The Morgan fingerprint density at radius 3 is 1.16 bits per heavy atom. The van der Waals surface area contributed by atoms with E-state index in [2.05, 4.69) is 91.4 Å². The van der Waals surface area contributed by atoms with Gasteiger partial charge in [0.2, 0.25) is 0 Å². The first-order valence-electron chi connectivity index (χ1n) is 14.2. The predicted molar refractivity (Wildman–Crippen MR) is 168 cm³/mol. The predicted octanol–water partition coefficient (Wildman–Crippen LogP) is 4.99. The van der Waals surface area contributed by atoms with Crippen molar-refractivity contribution < 1.29 is 46.8 Å². The molecule has 8 nitrogen and oxygen atoms in total. The number of aliphatic imine (C=N–C) groups is 2. The number of hydrogen-bond acceptors (Lipinski definition) is 8. The van der Waals surface area contributed by atoms with Crippen LogP contribution in [0.25, 0.3) is 0 Å². The zero-order chi connectivity index (χ0) is 33.0. The number of phenols is 2. The van der Waals surface area contributed by atoms with Gasteiger partial charge in [-0.15, -0.1) is 0 Å². The molecule has 43 heavy (non-hydrogen) atoms. The van der Waals surface area contributed by atoms with Crippen molar-refractivity contribution in [1.29, 1.82) is 0 Å². The van der Waals surface area contributed by atoms with Gasteiger partial charge in [-0.2, -0.15) is 0 Å². The molecule has 241 valence electrons. The molecule has 2 N–H and O–H groups in total. The molecule has 0 aliphatic heterocycles. The molecule has 2 rings (SSSR count). The number of aromatic hydroxyl groups is 2. The van der Waals surface area contributed by atoms with Crippen LogP contribution in [0.3, 0.4) is 0 Å². The van der Waals surface area contributed by atoms with E-state index in [0.717, 1.165) is 36.1 Å². The number of carbonyl (C=O) groups is 2. The average Bonchev–Trinajstić information content (AvgIpc) is 2.80. The minimum absolute atomic E-state index is 0. The Balaban J connectivity index is 0. The van der Waals surface area contributed by atoms with E-state index in [1.165, 1.54) is 11.1 Å². The summed E-state index contributed by atoms with van der Waals surface area (Å²) >= 11 is 0. The van der Waals surface area contributed by atoms with Crippen LogP contribution in [-0.2, 0) is 37.2 Å². The average molecular weight is 642 g/mol. The largest absolute Gasteiger partial charge is 2.00 e. The monoisotopic (exact) mass is 641 g/mol. The first-order valence-corrected chi connectivity index (χ1v) is 14.2. The number of carboxylic acid groups (broad SMARTS) is 2. The van der Waals surface area contributed by atoms with Gasteiger partial charge in [0.25, 0.3) is 0 Å². The number of phenolic OH excluding ortho intramolecular Hbond substituents is 2. The van der Waals surface area contributed by atoms with E-state index in [1.807, 2.05) is 12.1 Å². The molecule has 0 aliphatic rings. The third-order valence-electron chi connectivity index (χ3n) is 6.13. The Hall–Kier alpha value is -3.17. The number of aliphatic carboxylic acids is 2. The van der Waals surface area contributed by atoms with Gasteiger partial charge in [0.1, 0.15) is 11.5 Å². The van der Waals surface area contributed by atoms with Crippen molar-refractivity contribution in [1.82, 2.24) is 0 Å². The molecule has 0 amide bonds. The maximum atomic E-state index is 10.7. The number of rotatable bonds is 7. The van der Waals surface area contributed by atoms with E-state index in [4.69, 9.17) is 19.8 Å². The van der Waals surface area contributed by atoms with Gasteiger partial charge in [-0.1, -0.05) is 81.4 Å². The van der Waals surface area contributed by atoms with Crippen LogP contribution in [-0.4, -0.2) is 47.7 Å². The van der Waals surface area contributed by atoms with Crippen LogP contribution >= 0.6 is 0 Å². The Bertz CT molecular complexity index is 1150. The van der Waals surface area contributed by atoms with Crippen LogP contribution < -0.4 is 10.2 Å². The van der Waals surface area contributed by atoms with Crippen LogP contribution in [0.2, 0.25) is 0 Å². The van der Waals surface area contributed by atoms with Gasteiger partial charge in [-0.3, -0.25) is 9.98 Å². The summed E-state index contributed by atoms with van der Waals surface area (Å²) < 4.78 is 0. The Morgan fingerprint density at radius 1 is 0.698 bits per heavy atom. The SMILES string of the molecule is CC(=O)[O-].CC(=O)[O-].CC(C)c1cc(C(C)(C)C)cc(C=NCCN=Cc2cc(C(C)(C)C)cc(C(C)C)c2O)c1O.[Co+2]. The fraction of sp³-hybridized carbons (Fsp3) is 0.529. The van der Waals surface area contributed by atoms with Crippen molar-refractivity contribution in [3.8, 4) is 11.5 Å². The minimum atomic E-state index is -1.08. The van der Waals surface area contributed by atoms with Crippen molar-refractivity contribution >= 4 is 24.4 Å². The van der Waals surface area contributed by atoms with Crippen LogP contribution in [0.5, 0.6) is 11.5 Å². The summed E-state index contributed by atoms with van der Waals surface area (Å²) in [6.45, 7) is 24.4. The van der Waals surface area contributed by atoms with E-state index in [9.17, 15) is 10.2 Å². The molecule has 0 spiro atoms. The molecule has 0 aromatic heterocycles. The quantitative estimate of drug-likeness (QED) is 0.322. The molecular formula is C34H50CoN2O6. The molecule has 0 atom stereocenters. The molecule has 0 bridgehead atoms. The zero-order valence-electron chi connectivity index (χ0n) is 27.8. The topological polar surface area (TPSA) is 145 Å². The number of carboxylic acids is 2. The molecule has 2 aromatic rings. The van der Waals surface area contributed by atoms with Gasteiger partial charge in [-0.25, -0.2) is 0 Å². The smallest absolute Gasteiger partial charge is 0.550 e. The van der Waals surface area contributed by atoms with Crippen molar-refractivity contribution in [2.75, 3.05) is 13.1 Å². The van der Waals surface area contributed by atoms with Crippen molar-refractivity contribution in [3.05, 3.63) is 57.6 Å². The number of carbonyl (C=O) groups excluding carboxylic acids is 2. The van der Waals surface area contributed by atoms with Crippen LogP contribution in [0.15, 0.2) is 34.3 Å². The Labute approximate surface area is 268 Å². The third-order valence-corrected chi connectivity index (χ3v) is 6.13. The molecule has 9 heteroatoms. The third kappa shape index (κ3) is 15.7. The number of hydrogen-bond donors (Lipinski definition) is 2. The summed E-state index contributed by atoms with van der Waals surface area (Å²) in [7, 11) is 0. The van der Waals surface area contributed by atoms with Crippen LogP contribution in [0.1, 0.15) is 128 Å². The Morgan fingerprint density at radius 2 is 0.953 bits per heavy atom. The molecule has 2 aromatic carbocycles. The summed E-state index contributed by atoms with van der Waals surface area (Å²) in [6, 6.07) is 8.26. The second-order valence-corrected chi connectivity index (χ2v) is 12.9. The minimum Gasteiger partial charge on any atom is -0.550 e. The molecule has 0 fully saturated rings. The molecule has 0 heterocycles. The fourth-order valence-corrected chi connectivity index (χ4v) is 3.74. The second-order valence-electron chi connectivity index (χ2n) is 12.9. The van der Waals surface area contributed by atoms with Gasteiger partial charge in [0.15, 0.2) is 0 Å². The summed E-state index contributed by atoms with van der Waals surface area (Å²) in [5.74, 6) is -1.10. The van der Waals surface area contributed by atoms with Gasteiger partial charge in [-0.05, 0) is 70.9 Å². The molecule has 1 radical (unpaired) electrons. The normalized spacial score (nSPS) is 11.6. The number of benzene rings is 2. The van der Waals surface area contributed by atoms with E-state index in [-0.39, 0.29) is 39.4 Å². The Kier molecular flexibility index (Phi) is 18.0. The van der Waals surface area contributed by atoms with Gasteiger partial charge >= 0.3 is 16.8 Å². The fourth-order valence-electron chi connectivity index (χ4n) is 3.74. The van der Waals surface area contributed by atoms with Crippen molar-refractivity contribution in [2.45, 2.75) is 106 Å². The maximum Gasteiger partial charge on any atom is 2.00 e. The van der Waals surface area contributed by atoms with Crippen molar-refractivity contribution in [3.63, 3.8) is 0 Å². The number of nitrogens with zero attached hydrogens (tertiary/aromatic N) is 2. The van der Waals surface area contributed by atoms with E-state index in [0.29, 0.717) is 24.6 Å². The van der Waals surface area contributed by atoms with E-state index < -0.39 is 11.9 Å². The van der Waals surface area contributed by atoms with Gasteiger partial charge < -0.3 is 30.0 Å². The molecule has 0 saturated heterocycles. The zero-order valence-corrected chi connectivity index (χ0v) is 28.8. The van der Waals surface area contributed by atoms with E-state index in [1.54, 1.807) is 12.4 Å². The summed E-state index contributed by atoms with van der Waals surface area (Å²) in [4.78, 5) is 26.8. The van der Waals surface area contributed by atoms with Gasteiger partial charge in [0, 0.05) is 35.5 Å². The molecular weight excluding hydrogens is 591 g/mol. The maximum absolute atomic E-state index is 10.7. The summed E-state index contributed by atoms with van der Waals surface area (Å²) in [5, 5.41) is 39.3. The molecule has 0 aliphatic carbocycles. The second kappa shape index (κ2) is 18.5. The van der Waals surface area contributed by atoms with Crippen molar-refractivity contribution in [2.24, 2.45) is 9.98 Å². The standard InChI is InChI=1S/C30H44N2O2.2C2H4O2.Co/c1-19(2)25-15-23(29(5,6)7)13-21(27(25)33)17-31-11-12-32-18-22-14-24(30(8,9)10)16-26(20(3)4)28(22)34;2*1-2(3)4;/h13-20,33-34H,11-12H2,1-10H3;2*1H3,(H,3,4);/q;;;+2/p-2. The van der Waals surface area contributed by atoms with Crippen LogP contribution in [0.4, 0.5) is 0 Å². The molecule has 0 saturated carbocycles. The van der Waals surface area contributed by atoms with Crippen LogP contribution in [0, 0.1) is 0 Å².